The molecule has 1 aromatic rings. The monoisotopic (exact) mass is 273 g/mol. The van der Waals surface area contributed by atoms with Gasteiger partial charge in [-0.1, -0.05) is 0 Å². The van der Waals surface area contributed by atoms with Gasteiger partial charge in [0, 0.05) is 20.0 Å². The van der Waals surface area contributed by atoms with Gasteiger partial charge in [0.1, 0.15) is 5.00 Å². The number of nitrogens with one attached hydrogen (secondary N) is 1. The van der Waals surface area contributed by atoms with Gasteiger partial charge in [-0.15, -0.1) is 23.1 Å². The van der Waals surface area contributed by atoms with Gasteiger partial charge < -0.3 is 16.0 Å². The number of rotatable bonds is 6. The SMILES string of the molecule is CSc1c(NCCN(C)C)sc(C(C)=O)c1N. The Morgan fingerprint density at radius 3 is 2.65 bits per heavy atom. The van der Waals surface area contributed by atoms with Crippen molar-refractivity contribution in [3.63, 3.8) is 0 Å². The molecule has 1 rings (SSSR count). The predicted molar refractivity (Wildman–Crippen MR) is 77.6 cm³/mol. The minimum absolute atomic E-state index is 0.0310. The van der Waals surface area contributed by atoms with Gasteiger partial charge in [-0.2, -0.15) is 0 Å². The highest BCUT2D eigenvalue weighted by Gasteiger charge is 2.17. The van der Waals surface area contributed by atoms with Crippen LogP contribution in [-0.2, 0) is 0 Å². The maximum Gasteiger partial charge on any atom is 0.171 e. The highest BCUT2D eigenvalue weighted by atomic mass is 32.2. The second kappa shape index (κ2) is 6.28. The quantitative estimate of drug-likeness (QED) is 0.615. The largest absolute Gasteiger partial charge is 0.396 e. The number of ketones is 1. The Kier molecular flexibility index (Phi) is 5.30. The van der Waals surface area contributed by atoms with E-state index in [0.29, 0.717) is 10.6 Å². The fourth-order valence-electron chi connectivity index (χ4n) is 1.40. The number of carbonyl (C=O) groups is 1. The number of likely N-dealkylation sites (N-methyl/N-ethyl adjacent to an activating group) is 1. The fraction of sp³-hybridized carbons (Fsp3) is 0.545. The van der Waals surface area contributed by atoms with Crippen LogP contribution < -0.4 is 11.1 Å². The highest BCUT2D eigenvalue weighted by molar-refractivity contribution is 7.99. The summed E-state index contributed by atoms with van der Waals surface area (Å²) in [6.07, 6.45) is 1.97. The summed E-state index contributed by atoms with van der Waals surface area (Å²) in [5, 5.41) is 4.34. The van der Waals surface area contributed by atoms with Crippen molar-refractivity contribution in [1.29, 1.82) is 0 Å². The molecule has 96 valence electrons. The number of nitrogen functional groups attached to an aromatic ring is 1. The van der Waals surface area contributed by atoms with Crippen LogP contribution in [0.4, 0.5) is 10.7 Å². The van der Waals surface area contributed by atoms with E-state index in [1.165, 1.54) is 11.3 Å². The minimum atomic E-state index is 0.0310. The summed E-state index contributed by atoms with van der Waals surface area (Å²) in [5.41, 5.74) is 6.58. The van der Waals surface area contributed by atoms with E-state index in [9.17, 15) is 4.79 Å². The van der Waals surface area contributed by atoms with Gasteiger partial charge in [0.25, 0.3) is 0 Å². The standard InChI is InChI=1S/C11H19N3OS2/c1-7(15)9-8(12)10(16-4)11(17-9)13-5-6-14(2)3/h13H,5-6,12H2,1-4H3. The molecule has 0 aromatic carbocycles. The lowest BCUT2D eigenvalue weighted by atomic mass is 10.3. The number of nitrogens with two attached hydrogens (primary N) is 1. The van der Waals surface area contributed by atoms with Crippen LogP contribution in [0.2, 0.25) is 0 Å². The van der Waals surface area contributed by atoms with Gasteiger partial charge in [-0.25, -0.2) is 0 Å². The molecule has 0 unspecified atom stereocenters. The van der Waals surface area contributed by atoms with E-state index in [2.05, 4.69) is 10.2 Å². The van der Waals surface area contributed by atoms with Gasteiger partial charge in [-0.05, 0) is 20.4 Å². The summed E-state index contributed by atoms with van der Waals surface area (Å²) >= 11 is 3.02. The van der Waals surface area contributed by atoms with E-state index in [-0.39, 0.29) is 5.78 Å². The first-order valence-electron chi connectivity index (χ1n) is 5.33. The average molecular weight is 273 g/mol. The van der Waals surface area contributed by atoms with Gasteiger partial charge in [-0.3, -0.25) is 4.79 Å². The van der Waals surface area contributed by atoms with Gasteiger partial charge in [0.15, 0.2) is 5.78 Å². The Labute approximate surface area is 111 Å². The van der Waals surface area contributed by atoms with Crippen molar-refractivity contribution < 1.29 is 4.79 Å². The minimum Gasteiger partial charge on any atom is -0.396 e. The fourth-order valence-corrected chi connectivity index (χ4v) is 3.36. The number of nitrogens with zero attached hydrogens (tertiary/aromatic N) is 1. The van der Waals surface area contributed by atoms with E-state index in [4.69, 9.17) is 5.73 Å². The molecule has 0 aliphatic carbocycles. The number of thioether (sulfide) groups is 1. The molecule has 0 saturated carbocycles. The molecule has 1 heterocycles. The molecule has 0 atom stereocenters. The summed E-state index contributed by atoms with van der Waals surface area (Å²) < 4.78 is 0. The topological polar surface area (TPSA) is 58.4 Å². The highest BCUT2D eigenvalue weighted by Crippen LogP contribution is 2.41. The lowest BCUT2D eigenvalue weighted by Gasteiger charge is -2.10. The first-order chi connectivity index (χ1) is 7.97. The molecule has 0 saturated heterocycles. The van der Waals surface area contributed by atoms with Crippen LogP contribution in [-0.4, -0.2) is 44.1 Å². The van der Waals surface area contributed by atoms with Crippen molar-refractivity contribution >= 4 is 39.6 Å². The van der Waals surface area contributed by atoms with Gasteiger partial charge in [0.05, 0.1) is 15.5 Å². The molecule has 17 heavy (non-hydrogen) atoms. The van der Waals surface area contributed by atoms with Crippen molar-refractivity contribution in [3.8, 4) is 0 Å². The average Bonchev–Trinajstić information content (AvgIpc) is 2.54. The van der Waals surface area contributed by atoms with Gasteiger partial charge >= 0.3 is 0 Å². The molecule has 0 spiro atoms. The van der Waals surface area contributed by atoms with Crippen molar-refractivity contribution in [1.82, 2.24) is 4.90 Å². The third-order valence-corrected chi connectivity index (χ3v) is 4.49. The lowest BCUT2D eigenvalue weighted by molar-refractivity contribution is 0.102. The zero-order valence-electron chi connectivity index (χ0n) is 10.7. The molecule has 0 aliphatic heterocycles. The molecule has 0 amide bonds. The summed E-state index contributed by atoms with van der Waals surface area (Å²) in [6.45, 7) is 3.34. The maximum absolute atomic E-state index is 11.4. The molecule has 0 fully saturated rings. The van der Waals surface area contributed by atoms with E-state index >= 15 is 0 Å². The molecular formula is C11H19N3OS2. The van der Waals surface area contributed by atoms with Crippen LogP contribution >= 0.6 is 23.1 Å². The van der Waals surface area contributed by atoms with E-state index < -0.39 is 0 Å². The number of hydrogen-bond acceptors (Lipinski definition) is 6. The number of carbonyl (C=O) groups excluding carboxylic acids is 1. The Balaban J connectivity index is 2.84. The Morgan fingerprint density at radius 2 is 2.18 bits per heavy atom. The molecule has 0 bridgehead atoms. The third kappa shape index (κ3) is 3.62. The van der Waals surface area contributed by atoms with E-state index in [0.717, 1.165) is 23.0 Å². The second-order valence-corrected chi connectivity index (χ2v) is 5.83. The van der Waals surface area contributed by atoms with E-state index in [1.54, 1.807) is 18.7 Å². The zero-order valence-corrected chi connectivity index (χ0v) is 12.3. The maximum atomic E-state index is 11.4. The third-order valence-electron chi connectivity index (χ3n) is 2.27. The number of Topliss-reactive ketones (excluding diaryl/α,β-unsaturated/α-hetero) is 1. The molecular weight excluding hydrogens is 254 g/mol. The molecule has 4 nitrogen and oxygen atoms in total. The van der Waals surface area contributed by atoms with Gasteiger partial charge in [0.2, 0.25) is 0 Å². The van der Waals surface area contributed by atoms with Crippen molar-refractivity contribution in [2.45, 2.75) is 11.8 Å². The summed E-state index contributed by atoms with van der Waals surface area (Å²) in [4.78, 5) is 15.2. The first kappa shape index (κ1) is 14.3. The van der Waals surface area contributed by atoms with Crippen LogP contribution in [0.5, 0.6) is 0 Å². The molecule has 0 aliphatic rings. The molecule has 6 heteroatoms. The predicted octanol–water partition coefficient (Wildman–Crippen LogP) is 2.23. The van der Waals surface area contributed by atoms with Crippen molar-refractivity contribution in [2.75, 3.05) is 44.5 Å². The number of thiophene rings is 1. The van der Waals surface area contributed by atoms with E-state index in [1.807, 2.05) is 20.4 Å². The Bertz CT molecular complexity index is 402. The first-order valence-corrected chi connectivity index (χ1v) is 7.37. The van der Waals surface area contributed by atoms with Crippen LogP contribution in [0, 0.1) is 0 Å². The summed E-state index contributed by atoms with van der Waals surface area (Å²) in [5.74, 6) is 0.0310. The molecule has 1 aromatic heterocycles. The van der Waals surface area contributed by atoms with Crippen LogP contribution in [0.1, 0.15) is 16.6 Å². The molecule has 3 N–H and O–H groups in total. The van der Waals surface area contributed by atoms with Crippen molar-refractivity contribution in [3.05, 3.63) is 4.88 Å². The Hall–Kier alpha value is -0.720. The number of hydrogen-bond donors (Lipinski definition) is 2. The number of anilines is 2. The Morgan fingerprint density at radius 1 is 1.53 bits per heavy atom. The lowest BCUT2D eigenvalue weighted by Crippen LogP contribution is -2.20. The normalized spacial score (nSPS) is 10.9. The van der Waals surface area contributed by atoms with Crippen LogP contribution in [0.15, 0.2) is 4.90 Å². The van der Waals surface area contributed by atoms with Crippen LogP contribution in [0.3, 0.4) is 0 Å². The summed E-state index contributed by atoms with van der Waals surface area (Å²) in [6, 6.07) is 0. The zero-order chi connectivity index (χ0) is 13.0. The smallest absolute Gasteiger partial charge is 0.171 e. The summed E-state index contributed by atoms with van der Waals surface area (Å²) in [7, 11) is 4.06. The second-order valence-electron chi connectivity index (χ2n) is 3.99. The van der Waals surface area contributed by atoms with Crippen molar-refractivity contribution in [2.24, 2.45) is 0 Å². The molecule has 0 radical (unpaired) electrons. The van der Waals surface area contributed by atoms with Crippen LogP contribution in [0.25, 0.3) is 0 Å².